The maximum Gasteiger partial charge on any atom is 0.187 e. The fraction of sp³-hybridized carbons (Fsp3) is 0.200. The molecule has 96 valence electrons. The normalized spacial score (nSPS) is 17.3. The molecular weight excluding hydrogens is 244 g/mol. The lowest BCUT2D eigenvalue weighted by Crippen LogP contribution is -2.19. The highest BCUT2D eigenvalue weighted by Gasteiger charge is 2.31. The molecular formula is C15H12O4. The monoisotopic (exact) mass is 256 g/mol. The molecule has 0 atom stereocenters. The minimum atomic E-state index is -0.226. The van der Waals surface area contributed by atoms with E-state index in [0.717, 1.165) is 5.56 Å². The lowest BCUT2D eigenvalue weighted by atomic mass is 9.79. The van der Waals surface area contributed by atoms with E-state index in [9.17, 15) is 14.7 Å². The molecule has 0 heterocycles. The van der Waals surface area contributed by atoms with Gasteiger partial charge in [0, 0.05) is 22.8 Å². The lowest BCUT2D eigenvalue weighted by molar-refractivity contribution is -0.114. The van der Waals surface area contributed by atoms with Gasteiger partial charge in [-0.05, 0) is 36.6 Å². The van der Waals surface area contributed by atoms with Crippen molar-refractivity contribution < 1.29 is 19.4 Å². The van der Waals surface area contributed by atoms with E-state index >= 15 is 0 Å². The Morgan fingerprint density at radius 2 is 1.84 bits per heavy atom. The first-order valence-corrected chi connectivity index (χ1v) is 6.02. The summed E-state index contributed by atoms with van der Waals surface area (Å²) in [5.41, 5.74) is 2.16. The number of allylic oxidation sites excluding steroid dienone is 4. The number of rotatable bonds is 1. The predicted octanol–water partition coefficient (Wildman–Crippen LogP) is 1.81. The molecule has 2 aliphatic carbocycles. The number of hydrogen-bond donors (Lipinski definition) is 1. The molecule has 0 radical (unpaired) electrons. The van der Waals surface area contributed by atoms with E-state index in [-0.39, 0.29) is 17.3 Å². The summed E-state index contributed by atoms with van der Waals surface area (Å²) in [5, 5.41) is 10.1. The molecule has 0 aromatic heterocycles. The average Bonchev–Trinajstić information content (AvgIpc) is 2.42. The van der Waals surface area contributed by atoms with Gasteiger partial charge in [0.2, 0.25) is 0 Å². The maximum absolute atomic E-state index is 12.0. The molecule has 0 amide bonds. The van der Waals surface area contributed by atoms with Crippen LogP contribution in [-0.2, 0) is 16.0 Å². The van der Waals surface area contributed by atoms with Crippen LogP contribution in [0, 0.1) is 0 Å². The number of ether oxygens (including phenoxy) is 1. The molecule has 0 fully saturated rings. The molecule has 0 unspecified atom stereocenters. The van der Waals surface area contributed by atoms with Crippen molar-refractivity contribution in [3.63, 3.8) is 0 Å². The van der Waals surface area contributed by atoms with Gasteiger partial charge < -0.3 is 9.84 Å². The number of fused-ring (bicyclic) bond motifs is 2. The van der Waals surface area contributed by atoms with E-state index in [0.29, 0.717) is 35.3 Å². The Morgan fingerprint density at radius 1 is 1.11 bits per heavy atom. The summed E-state index contributed by atoms with van der Waals surface area (Å²) in [6, 6.07) is 3.26. The summed E-state index contributed by atoms with van der Waals surface area (Å²) in [4.78, 5) is 23.8. The van der Waals surface area contributed by atoms with Crippen molar-refractivity contribution >= 4 is 17.1 Å². The highest BCUT2D eigenvalue weighted by molar-refractivity contribution is 6.36. The smallest absolute Gasteiger partial charge is 0.187 e. The Kier molecular flexibility index (Phi) is 2.52. The van der Waals surface area contributed by atoms with Crippen molar-refractivity contribution in [2.24, 2.45) is 0 Å². The summed E-state index contributed by atoms with van der Waals surface area (Å²) < 4.78 is 5.10. The Morgan fingerprint density at radius 3 is 2.58 bits per heavy atom. The van der Waals surface area contributed by atoms with E-state index in [4.69, 9.17) is 4.74 Å². The number of carbonyl (C=O) groups is 2. The molecule has 1 aromatic carbocycles. The van der Waals surface area contributed by atoms with Crippen LogP contribution in [0.2, 0.25) is 0 Å². The highest BCUT2D eigenvalue weighted by atomic mass is 16.5. The molecule has 19 heavy (non-hydrogen) atoms. The maximum atomic E-state index is 12.0. The molecule has 2 aliphatic rings. The molecule has 0 spiro atoms. The van der Waals surface area contributed by atoms with E-state index < -0.39 is 0 Å². The fourth-order valence-corrected chi connectivity index (χ4v) is 2.65. The number of carbonyl (C=O) groups excluding carboxylic acids is 2. The third-order valence-electron chi connectivity index (χ3n) is 3.53. The van der Waals surface area contributed by atoms with Crippen LogP contribution in [0.4, 0.5) is 0 Å². The quantitative estimate of drug-likeness (QED) is 0.778. The van der Waals surface area contributed by atoms with Crippen molar-refractivity contribution in [1.29, 1.82) is 0 Å². The second-order valence-electron chi connectivity index (χ2n) is 4.60. The summed E-state index contributed by atoms with van der Waals surface area (Å²) in [6.07, 6.45) is 3.70. The number of aromatic hydroxyl groups is 1. The van der Waals surface area contributed by atoms with Gasteiger partial charge in [-0.15, -0.1) is 0 Å². The minimum absolute atomic E-state index is 0.0157. The number of hydrogen-bond acceptors (Lipinski definition) is 4. The molecule has 0 saturated carbocycles. The second-order valence-corrected chi connectivity index (χ2v) is 4.60. The number of aryl methyl sites for hydroxylation is 1. The van der Waals surface area contributed by atoms with Crippen LogP contribution in [-0.4, -0.2) is 23.8 Å². The summed E-state index contributed by atoms with van der Waals surface area (Å²) >= 11 is 0. The molecule has 0 aliphatic heterocycles. The van der Waals surface area contributed by atoms with Crippen LogP contribution >= 0.6 is 0 Å². The number of methoxy groups -OCH3 is 1. The van der Waals surface area contributed by atoms with E-state index in [1.807, 2.05) is 0 Å². The van der Waals surface area contributed by atoms with Crippen molar-refractivity contribution in [2.75, 3.05) is 7.11 Å². The van der Waals surface area contributed by atoms with Gasteiger partial charge in [-0.2, -0.15) is 0 Å². The van der Waals surface area contributed by atoms with Gasteiger partial charge in [0.1, 0.15) is 11.5 Å². The van der Waals surface area contributed by atoms with Gasteiger partial charge in [0.05, 0.1) is 7.11 Å². The van der Waals surface area contributed by atoms with E-state index in [1.165, 1.54) is 25.3 Å². The molecule has 0 bridgehead atoms. The van der Waals surface area contributed by atoms with Crippen LogP contribution in [0.3, 0.4) is 0 Å². The van der Waals surface area contributed by atoms with Gasteiger partial charge in [0.15, 0.2) is 11.6 Å². The number of phenolic OH excluding ortho intramolecular Hbond substituents is 1. The van der Waals surface area contributed by atoms with Crippen LogP contribution in [0.1, 0.15) is 17.5 Å². The summed E-state index contributed by atoms with van der Waals surface area (Å²) in [6.45, 7) is 0. The number of ketones is 2. The van der Waals surface area contributed by atoms with Gasteiger partial charge in [-0.1, -0.05) is 0 Å². The fourth-order valence-electron chi connectivity index (χ4n) is 2.65. The lowest BCUT2D eigenvalue weighted by Gasteiger charge is -2.24. The zero-order valence-corrected chi connectivity index (χ0v) is 10.4. The molecule has 1 aromatic rings. The van der Waals surface area contributed by atoms with Crippen molar-refractivity contribution in [1.82, 2.24) is 0 Å². The Hall–Kier alpha value is -2.36. The van der Waals surface area contributed by atoms with Crippen LogP contribution in [0.15, 0.2) is 29.9 Å². The molecule has 4 heteroatoms. The topological polar surface area (TPSA) is 63.6 Å². The van der Waals surface area contributed by atoms with Crippen molar-refractivity contribution in [3.05, 3.63) is 41.0 Å². The standard InChI is InChI=1S/C15H12O4/c1-19-9-6-8-2-3-10-11(16)4-5-12(17)15(10)14(8)13(18)7-9/h4-7,18H,2-3H2,1H3. The zero-order valence-electron chi connectivity index (χ0n) is 10.4. The molecule has 0 saturated heterocycles. The van der Waals surface area contributed by atoms with Crippen molar-refractivity contribution in [3.8, 4) is 11.5 Å². The molecule has 1 N–H and O–H groups in total. The Bertz CT molecular complexity index is 665. The minimum Gasteiger partial charge on any atom is -0.507 e. The first-order chi connectivity index (χ1) is 9.11. The molecule has 3 rings (SSSR count). The van der Waals surface area contributed by atoms with Gasteiger partial charge in [0.25, 0.3) is 0 Å². The first kappa shape index (κ1) is 11.7. The van der Waals surface area contributed by atoms with Gasteiger partial charge in [-0.25, -0.2) is 0 Å². The Labute approximate surface area is 110 Å². The number of phenols is 1. The highest BCUT2D eigenvalue weighted by Crippen LogP contribution is 2.41. The number of benzene rings is 1. The van der Waals surface area contributed by atoms with E-state index in [1.54, 1.807) is 6.07 Å². The third-order valence-corrected chi connectivity index (χ3v) is 3.53. The third kappa shape index (κ3) is 1.68. The van der Waals surface area contributed by atoms with Gasteiger partial charge in [-0.3, -0.25) is 9.59 Å². The van der Waals surface area contributed by atoms with E-state index in [2.05, 4.69) is 0 Å². The van der Waals surface area contributed by atoms with Gasteiger partial charge >= 0.3 is 0 Å². The SMILES string of the molecule is COc1cc(O)c2c(c1)CCC1=C2C(=O)C=CC1=O. The predicted molar refractivity (Wildman–Crippen MR) is 69.1 cm³/mol. The van der Waals surface area contributed by atoms with Crippen molar-refractivity contribution in [2.45, 2.75) is 12.8 Å². The molecule has 4 nitrogen and oxygen atoms in total. The summed E-state index contributed by atoms with van der Waals surface area (Å²) in [7, 11) is 1.52. The van der Waals surface area contributed by atoms with Crippen LogP contribution < -0.4 is 4.74 Å². The van der Waals surface area contributed by atoms with Crippen LogP contribution in [0.25, 0.3) is 5.57 Å². The summed E-state index contributed by atoms with van der Waals surface area (Å²) in [5.74, 6) is 0.162. The first-order valence-electron chi connectivity index (χ1n) is 6.02. The largest absolute Gasteiger partial charge is 0.507 e. The second kappa shape index (κ2) is 4.09. The zero-order chi connectivity index (χ0) is 13.6. The van der Waals surface area contributed by atoms with Crippen LogP contribution in [0.5, 0.6) is 11.5 Å². The average molecular weight is 256 g/mol. The Balaban J connectivity index is 2.26.